The highest BCUT2D eigenvalue weighted by atomic mass is 16.2. The predicted molar refractivity (Wildman–Crippen MR) is 81.2 cm³/mol. The van der Waals surface area contributed by atoms with Gasteiger partial charge in [0.05, 0.1) is 11.7 Å². The van der Waals surface area contributed by atoms with E-state index < -0.39 is 0 Å². The highest BCUT2D eigenvalue weighted by Gasteiger charge is 2.52. The van der Waals surface area contributed by atoms with Crippen LogP contribution in [0.1, 0.15) is 65.7 Å². The van der Waals surface area contributed by atoms with Crippen molar-refractivity contribution in [2.45, 2.75) is 77.4 Å². The van der Waals surface area contributed by atoms with Gasteiger partial charge in [0, 0.05) is 6.54 Å². The second-order valence-corrected chi connectivity index (χ2v) is 7.85. The maximum Gasteiger partial charge on any atom is 0.244 e. The maximum atomic E-state index is 13.0. The molecular formula is C17H30N2O. The average molecular weight is 278 g/mol. The first-order chi connectivity index (χ1) is 9.52. The van der Waals surface area contributed by atoms with Gasteiger partial charge in [-0.1, -0.05) is 33.6 Å². The van der Waals surface area contributed by atoms with Crippen LogP contribution >= 0.6 is 0 Å². The van der Waals surface area contributed by atoms with Gasteiger partial charge >= 0.3 is 0 Å². The SMILES string of the molecule is CC(C)CC1NC2(CCCC2)C(=O)N1CC(C)C1CC1. The molecule has 1 heterocycles. The molecule has 1 amide bonds. The third-order valence-electron chi connectivity index (χ3n) is 5.55. The zero-order valence-electron chi connectivity index (χ0n) is 13.3. The molecule has 3 aliphatic rings. The molecule has 2 saturated carbocycles. The zero-order chi connectivity index (χ0) is 14.3. The van der Waals surface area contributed by atoms with Crippen molar-refractivity contribution in [3.8, 4) is 0 Å². The van der Waals surface area contributed by atoms with Gasteiger partial charge in [0.25, 0.3) is 0 Å². The Morgan fingerprint density at radius 1 is 1.25 bits per heavy atom. The quantitative estimate of drug-likeness (QED) is 0.838. The zero-order valence-corrected chi connectivity index (χ0v) is 13.3. The molecule has 3 heteroatoms. The molecule has 1 spiro atoms. The van der Waals surface area contributed by atoms with Crippen LogP contribution in [0.3, 0.4) is 0 Å². The second-order valence-electron chi connectivity index (χ2n) is 7.85. The van der Waals surface area contributed by atoms with E-state index in [0.29, 0.717) is 17.7 Å². The summed E-state index contributed by atoms with van der Waals surface area (Å²) in [6, 6.07) is 0. The lowest BCUT2D eigenvalue weighted by atomic mass is 9.97. The van der Waals surface area contributed by atoms with E-state index in [1.165, 1.54) is 25.7 Å². The van der Waals surface area contributed by atoms with Gasteiger partial charge in [-0.3, -0.25) is 10.1 Å². The minimum absolute atomic E-state index is 0.192. The largest absolute Gasteiger partial charge is 0.325 e. The Kier molecular flexibility index (Phi) is 3.83. The lowest BCUT2D eigenvalue weighted by Crippen LogP contribution is -2.44. The van der Waals surface area contributed by atoms with Crippen LogP contribution < -0.4 is 5.32 Å². The lowest BCUT2D eigenvalue weighted by Gasteiger charge is -2.28. The first-order valence-corrected chi connectivity index (χ1v) is 8.60. The molecule has 20 heavy (non-hydrogen) atoms. The monoisotopic (exact) mass is 278 g/mol. The first kappa shape index (κ1) is 14.4. The molecule has 3 fully saturated rings. The normalized spacial score (nSPS) is 30.7. The predicted octanol–water partition coefficient (Wildman–Crippen LogP) is 3.15. The molecule has 1 saturated heterocycles. The smallest absolute Gasteiger partial charge is 0.244 e. The molecule has 0 aromatic heterocycles. The van der Waals surface area contributed by atoms with E-state index in [1.54, 1.807) is 0 Å². The summed E-state index contributed by atoms with van der Waals surface area (Å²) in [5.74, 6) is 2.60. The number of amides is 1. The summed E-state index contributed by atoms with van der Waals surface area (Å²) in [4.78, 5) is 15.2. The van der Waals surface area contributed by atoms with Crippen molar-refractivity contribution in [3.63, 3.8) is 0 Å². The van der Waals surface area contributed by atoms with Gasteiger partial charge in [-0.15, -0.1) is 0 Å². The standard InChI is InChI=1S/C17H30N2O/c1-12(2)10-15-18-17(8-4-5-9-17)16(20)19(15)11-13(3)14-6-7-14/h12-15,18H,4-11H2,1-3H3. The number of hydrogen-bond donors (Lipinski definition) is 1. The van der Waals surface area contributed by atoms with Crippen LogP contribution in [0.4, 0.5) is 0 Å². The van der Waals surface area contributed by atoms with Crippen LogP contribution in [0.15, 0.2) is 0 Å². The molecule has 2 atom stereocenters. The van der Waals surface area contributed by atoms with E-state index in [0.717, 1.165) is 31.7 Å². The second kappa shape index (κ2) is 5.32. The van der Waals surface area contributed by atoms with Crippen LogP contribution in [-0.4, -0.2) is 29.1 Å². The Labute approximate surface area is 123 Å². The van der Waals surface area contributed by atoms with E-state index in [-0.39, 0.29) is 11.7 Å². The highest BCUT2D eigenvalue weighted by Crippen LogP contribution is 2.41. The molecule has 1 N–H and O–H groups in total. The molecule has 3 nitrogen and oxygen atoms in total. The third-order valence-corrected chi connectivity index (χ3v) is 5.55. The highest BCUT2D eigenvalue weighted by molar-refractivity contribution is 5.89. The Morgan fingerprint density at radius 3 is 2.45 bits per heavy atom. The fraction of sp³-hybridized carbons (Fsp3) is 0.941. The van der Waals surface area contributed by atoms with Crippen molar-refractivity contribution in [1.29, 1.82) is 0 Å². The molecule has 1 aliphatic heterocycles. The summed E-state index contributed by atoms with van der Waals surface area (Å²) < 4.78 is 0. The van der Waals surface area contributed by atoms with Gasteiger partial charge in [0.1, 0.15) is 0 Å². The van der Waals surface area contributed by atoms with Crippen molar-refractivity contribution in [2.24, 2.45) is 17.8 Å². The Bertz CT molecular complexity index is 369. The summed E-state index contributed by atoms with van der Waals surface area (Å²) in [7, 11) is 0. The lowest BCUT2D eigenvalue weighted by molar-refractivity contribution is -0.133. The van der Waals surface area contributed by atoms with Crippen molar-refractivity contribution < 1.29 is 4.79 Å². The van der Waals surface area contributed by atoms with E-state index >= 15 is 0 Å². The fourth-order valence-electron chi connectivity index (χ4n) is 4.18. The summed E-state index contributed by atoms with van der Waals surface area (Å²) in [5.41, 5.74) is -0.192. The average Bonchev–Trinajstić information content (AvgIpc) is 3.09. The Morgan fingerprint density at radius 2 is 1.90 bits per heavy atom. The van der Waals surface area contributed by atoms with Crippen LogP contribution in [-0.2, 0) is 4.79 Å². The summed E-state index contributed by atoms with van der Waals surface area (Å²) in [5, 5.41) is 3.74. The number of carbonyl (C=O) groups excluding carboxylic acids is 1. The van der Waals surface area contributed by atoms with Gasteiger partial charge < -0.3 is 4.90 Å². The molecule has 3 rings (SSSR count). The Hall–Kier alpha value is -0.570. The van der Waals surface area contributed by atoms with E-state index in [9.17, 15) is 4.79 Å². The summed E-state index contributed by atoms with van der Waals surface area (Å²) in [6.45, 7) is 7.81. The van der Waals surface area contributed by atoms with Crippen LogP contribution in [0, 0.1) is 17.8 Å². The maximum absolute atomic E-state index is 13.0. The first-order valence-electron chi connectivity index (χ1n) is 8.60. The molecule has 0 radical (unpaired) electrons. The molecular weight excluding hydrogens is 248 g/mol. The van der Waals surface area contributed by atoms with Gasteiger partial charge in [-0.05, 0) is 49.9 Å². The molecule has 2 unspecified atom stereocenters. The third kappa shape index (κ3) is 2.61. The van der Waals surface area contributed by atoms with E-state index in [1.807, 2.05) is 0 Å². The van der Waals surface area contributed by atoms with Crippen LogP contribution in [0.25, 0.3) is 0 Å². The fourth-order valence-corrected chi connectivity index (χ4v) is 4.18. The Balaban J connectivity index is 1.73. The van der Waals surface area contributed by atoms with Crippen molar-refractivity contribution >= 4 is 5.91 Å². The number of nitrogens with zero attached hydrogens (tertiary/aromatic N) is 1. The van der Waals surface area contributed by atoms with Crippen molar-refractivity contribution in [2.75, 3.05) is 6.54 Å². The van der Waals surface area contributed by atoms with E-state index in [4.69, 9.17) is 0 Å². The van der Waals surface area contributed by atoms with Crippen molar-refractivity contribution in [3.05, 3.63) is 0 Å². The molecule has 0 aromatic carbocycles. The number of hydrogen-bond acceptors (Lipinski definition) is 2. The van der Waals surface area contributed by atoms with Gasteiger partial charge in [-0.25, -0.2) is 0 Å². The van der Waals surface area contributed by atoms with Crippen LogP contribution in [0.5, 0.6) is 0 Å². The molecule has 2 aliphatic carbocycles. The number of rotatable bonds is 5. The number of nitrogens with one attached hydrogen (secondary N) is 1. The molecule has 114 valence electrons. The topological polar surface area (TPSA) is 32.3 Å². The van der Waals surface area contributed by atoms with Gasteiger partial charge in [0.2, 0.25) is 5.91 Å². The van der Waals surface area contributed by atoms with E-state index in [2.05, 4.69) is 31.0 Å². The molecule has 0 aromatic rings. The summed E-state index contributed by atoms with van der Waals surface area (Å²) >= 11 is 0. The van der Waals surface area contributed by atoms with Gasteiger partial charge in [-0.2, -0.15) is 0 Å². The molecule has 0 bridgehead atoms. The van der Waals surface area contributed by atoms with Crippen molar-refractivity contribution in [1.82, 2.24) is 10.2 Å². The minimum Gasteiger partial charge on any atom is -0.325 e. The number of carbonyl (C=O) groups is 1. The minimum atomic E-state index is -0.192. The van der Waals surface area contributed by atoms with Crippen LogP contribution in [0.2, 0.25) is 0 Å². The van der Waals surface area contributed by atoms with Gasteiger partial charge in [0.15, 0.2) is 0 Å². The summed E-state index contributed by atoms with van der Waals surface area (Å²) in [6.07, 6.45) is 8.63.